The summed E-state index contributed by atoms with van der Waals surface area (Å²) in [6, 6.07) is 0. The van der Waals surface area contributed by atoms with Crippen molar-refractivity contribution in [2.24, 2.45) is 23.2 Å². The molecule has 13 heavy (non-hydrogen) atoms. The molecule has 3 heteroatoms. The number of hydrogen-bond acceptors (Lipinski definition) is 3. The van der Waals surface area contributed by atoms with Crippen molar-refractivity contribution in [2.75, 3.05) is 0 Å². The molecule has 0 aromatic rings. The van der Waals surface area contributed by atoms with E-state index in [0.717, 1.165) is 6.42 Å². The van der Waals surface area contributed by atoms with Crippen molar-refractivity contribution >= 4 is 11.9 Å². The number of ether oxygens (including phenoxy) is 1. The van der Waals surface area contributed by atoms with E-state index < -0.39 is 5.41 Å². The van der Waals surface area contributed by atoms with Crippen LogP contribution >= 0.6 is 0 Å². The second-order valence-corrected chi connectivity index (χ2v) is 4.39. The number of rotatable bonds is 0. The van der Waals surface area contributed by atoms with Crippen LogP contribution in [-0.2, 0) is 14.3 Å². The van der Waals surface area contributed by atoms with Gasteiger partial charge in [0.2, 0.25) is 0 Å². The minimum atomic E-state index is -0.658. The minimum Gasteiger partial charge on any atom is -0.392 e. The number of hydrogen-bond donors (Lipinski definition) is 0. The Bertz CT molecular complexity index is 344. The van der Waals surface area contributed by atoms with Crippen molar-refractivity contribution in [2.45, 2.75) is 13.3 Å². The molecule has 1 saturated heterocycles. The van der Waals surface area contributed by atoms with E-state index in [1.54, 1.807) is 6.92 Å². The van der Waals surface area contributed by atoms with Crippen LogP contribution in [0.1, 0.15) is 13.3 Å². The van der Waals surface area contributed by atoms with Gasteiger partial charge in [-0.05, 0) is 25.2 Å². The van der Waals surface area contributed by atoms with Crippen molar-refractivity contribution in [3.05, 3.63) is 12.2 Å². The molecule has 4 atom stereocenters. The molecule has 2 fully saturated rings. The van der Waals surface area contributed by atoms with Crippen LogP contribution in [0.5, 0.6) is 0 Å². The molecular formula is C10H10O3. The predicted molar refractivity (Wildman–Crippen MR) is 43.4 cm³/mol. The molecule has 4 unspecified atom stereocenters. The maximum absolute atomic E-state index is 11.4. The fraction of sp³-hybridized carbons (Fsp3) is 0.600. The number of cyclic esters (lactones) is 2. The summed E-state index contributed by atoms with van der Waals surface area (Å²) in [7, 11) is 0. The van der Waals surface area contributed by atoms with Crippen LogP contribution < -0.4 is 0 Å². The van der Waals surface area contributed by atoms with E-state index in [1.807, 2.05) is 6.08 Å². The standard InChI is InChI=1S/C10H10O3/c1-10-3-2-5-4-6(5)7(10)8(11)13-9(10)12/h2-3,5-7H,4H2,1H3. The predicted octanol–water partition coefficient (Wildman–Crippen LogP) is 0.898. The van der Waals surface area contributed by atoms with E-state index in [2.05, 4.69) is 10.8 Å². The van der Waals surface area contributed by atoms with E-state index in [-0.39, 0.29) is 17.9 Å². The summed E-state index contributed by atoms with van der Waals surface area (Å²) >= 11 is 0. The van der Waals surface area contributed by atoms with Crippen molar-refractivity contribution < 1.29 is 14.3 Å². The zero-order valence-electron chi connectivity index (χ0n) is 7.32. The molecule has 3 nitrogen and oxygen atoms in total. The molecule has 0 N–H and O–H groups in total. The van der Waals surface area contributed by atoms with Crippen LogP contribution in [0.15, 0.2) is 12.2 Å². The molecule has 1 saturated carbocycles. The van der Waals surface area contributed by atoms with Crippen LogP contribution in [0.25, 0.3) is 0 Å². The average molecular weight is 178 g/mol. The Morgan fingerprint density at radius 1 is 1.54 bits per heavy atom. The number of fused-ring (bicyclic) bond motifs is 3. The molecular weight excluding hydrogens is 168 g/mol. The van der Waals surface area contributed by atoms with E-state index in [9.17, 15) is 9.59 Å². The van der Waals surface area contributed by atoms with Gasteiger partial charge in [0.1, 0.15) is 0 Å². The van der Waals surface area contributed by atoms with Gasteiger partial charge in [-0.15, -0.1) is 0 Å². The molecule has 0 bridgehead atoms. The maximum atomic E-state index is 11.4. The van der Waals surface area contributed by atoms with E-state index in [4.69, 9.17) is 0 Å². The summed E-state index contributed by atoms with van der Waals surface area (Å²) in [5, 5.41) is 0. The van der Waals surface area contributed by atoms with Crippen molar-refractivity contribution in [1.29, 1.82) is 0 Å². The summed E-state index contributed by atoms with van der Waals surface area (Å²) in [5.41, 5.74) is -0.658. The quantitative estimate of drug-likeness (QED) is 0.314. The first-order valence-electron chi connectivity index (χ1n) is 4.58. The number of carbonyl (C=O) groups is 2. The number of carbonyl (C=O) groups excluding carboxylic acids is 2. The lowest BCUT2D eigenvalue weighted by molar-refractivity contribution is -0.154. The Labute approximate surface area is 75.8 Å². The third kappa shape index (κ3) is 0.705. The fourth-order valence-corrected chi connectivity index (χ4v) is 2.59. The molecule has 1 aliphatic heterocycles. The first-order chi connectivity index (χ1) is 6.13. The van der Waals surface area contributed by atoms with Gasteiger partial charge in [-0.25, -0.2) is 0 Å². The smallest absolute Gasteiger partial charge is 0.324 e. The fourth-order valence-electron chi connectivity index (χ4n) is 2.59. The van der Waals surface area contributed by atoms with Gasteiger partial charge in [0.25, 0.3) is 0 Å². The van der Waals surface area contributed by atoms with Crippen molar-refractivity contribution in [1.82, 2.24) is 0 Å². The van der Waals surface area contributed by atoms with Crippen LogP contribution in [0.2, 0.25) is 0 Å². The highest BCUT2D eigenvalue weighted by molar-refractivity contribution is 6.01. The number of esters is 2. The Kier molecular flexibility index (Phi) is 1.05. The Morgan fingerprint density at radius 3 is 3.08 bits per heavy atom. The molecule has 2 aliphatic carbocycles. The Morgan fingerprint density at radius 2 is 2.31 bits per heavy atom. The Balaban J connectivity index is 2.12. The van der Waals surface area contributed by atoms with Crippen LogP contribution in [0.4, 0.5) is 0 Å². The lowest BCUT2D eigenvalue weighted by Gasteiger charge is -2.24. The van der Waals surface area contributed by atoms with Crippen LogP contribution in [-0.4, -0.2) is 11.9 Å². The summed E-state index contributed by atoms with van der Waals surface area (Å²) in [5.74, 6) is 0.00826. The molecule has 1 heterocycles. The summed E-state index contributed by atoms with van der Waals surface area (Å²) in [6.07, 6.45) is 4.96. The van der Waals surface area contributed by atoms with E-state index in [0.29, 0.717) is 11.8 Å². The SMILES string of the molecule is CC12C=CC3CC3C1C(=O)OC2=O. The van der Waals surface area contributed by atoms with Crippen LogP contribution in [0, 0.1) is 23.2 Å². The Hall–Kier alpha value is -1.12. The minimum absolute atomic E-state index is 0.199. The average Bonchev–Trinajstić information content (AvgIpc) is 2.77. The molecule has 0 amide bonds. The van der Waals surface area contributed by atoms with Gasteiger partial charge in [0, 0.05) is 0 Å². The second kappa shape index (κ2) is 1.86. The van der Waals surface area contributed by atoms with Gasteiger partial charge >= 0.3 is 11.9 Å². The lowest BCUT2D eigenvalue weighted by atomic mass is 9.73. The van der Waals surface area contributed by atoms with E-state index >= 15 is 0 Å². The maximum Gasteiger partial charge on any atom is 0.324 e. The molecule has 0 radical (unpaired) electrons. The first kappa shape index (κ1) is 7.30. The highest BCUT2D eigenvalue weighted by Gasteiger charge is 2.63. The van der Waals surface area contributed by atoms with Crippen molar-refractivity contribution in [3.63, 3.8) is 0 Å². The molecule has 0 aromatic carbocycles. The zero-order valence-corrected chi connectivity index (χ0v) is 7.32. The molecule has 3 rings (SSSR count). The van der Waals surface area contributed by atoms with E-state index in [1.165, 1.54) is 0 Å². The summed E-state index contributed by atoms with van der Waals surface area (Å²) < 4.78 is 4.68. The van der Waals surface area contributed by atoms with Crippen molar-refractivity contribution in [3.8, 4) is 0 Å². The molecule has 3 aliphatic rings. The van der Waals surface area contributed by atoms with Gasteiger partial charge in [0.15, 0.2) is 0 Å². The second-order valence-electron chi connectivity index (χ2n) is 4.39. The summed E-state index contributed by atoms with van der Waals surface area (Å²) in [6.45, 7) is 1.80. The van der Waals surface area contributed by atoms with Crippen LogP contribution in [0.3, 0.4) is 0 Å². The molecule has 0 aromatic heterocycles. The molecule has 0 spiro atoms. The third-order valence-corrected chi connectivity index (χ3v) is 3.54. The summed E-state index contributed by atoms with van der Waals surface area (Å²) in [4.78, 5) is 22.8. The largest absolute Gasteiger partial charge is 0.392 e. The topological polar surface area (TPSA) is 43.4 Å². The normalized spacial score (nSPS) is 51.3. The first-order valence-corrected chi connectivity index (χ1v) is 4.58. The lowest BCUT2D eigenvalue weighted by Crippen LogP contribution is -2.32. The van der Waals surface area contributed by atoms with Gasteiger partial charge in [-0.3, -0.25) is 9.59 Å². The van der Waals surface area contributed by atoms with Gasteiger partial charge in [-0.1, -0.05) is 12.2 Å². The highest BCUT2D eigenvalue weighted by Crippen LogP contribution is 2.58. The monoisotopic (exact) mass is 178 g/mol. The van der Waals surface area contributed by atoms with Gasteiger partial charge in [-0.2, -0.15) is 0 Å². The van der Waals surface area contributed by atoms with Gasteiger partial charge in [0.05, 0.1) is 11.3 Å². The van der Waals surface area contributed by atoms with Gasteiger partial charge < -0.3 is 4.74 Å². The highest BCUT2D eigenvalue weighted by atomic mass is 16.6. The number of allylic oxidation sites excluding steroid dienone is 1. The zero-order chi connectivity index (χ0) is 9.22. The molecule has 68 valence electrons. The third-order valence-electron chi connectivity index (χ3n) is 3.54.